The van der Waals surface area contributed by atoms with Gasteiger partial charge in [0.15, 0.2) is 0 Å². The average molecular weight is 328 g/mol. The Labute approximate surface area is 137 Å². The zero-order chi connectivity index (χ0) is 17.5. The van der Waals surface area contributed by atoms with Crippen LogP contribution in [0.2, 0.25) is 0 Å². The number of carbonyl (C=O) groups excluding carboxylic acids is 3. The number of hydrazine groups is 1. The van der Waals surface area contributed by atoms with Crippen molar-refractivity contribution in [2.75, 3.05) is 19.6 Å². The lowest BCUT2D eigenvalue weighted by Crippen LogP contribution is -2.39. The molecule has 132 valence electrons. The zero-order valence-electron chi connectivity index (χ0n) is 14.2. The van der Waals surface area contributed by atoms with Crippen molar-refractivity contribution in [1.29, 1.82) is 0 Å². The zero-order valence-corrected chi connectivity index (χ0v) is 14.2. The second-order valence-corrected chi connectivity index (χ2v) is 6.70. The van der Waals surface area contributed by atoms with Gasteiger partial charge in [0.05, 0.1) is 0 Å². The molecule has 0 aromatic carbocycles. The monoisotopic (exact) mass is 328 g/mol. The molecule has 0 spiro atoms. The van der Waals surface area contributed by atoms with E-state index in [-0.39, 0.29) is 24.2 Å². The van der Waals surface area contributed by atoms with Crippen molar-refractivity contribution in [2.24, 2.45) is 11.8 Å². The Bertz CT molecular complexity index is 434. The fourth-order valence-corrected chi connectivity index (χ4v) is 2.38. The Hall–Kier alpha value is -1.83. The van der Waals surface area contributed by atoms with Gasteiger partial charge in [0.2, 0.25) is 11.8 Å². The van der Waals surface area contributed by atoms with Crippen molar-refractivity contribution in [3.63, 3.8) is 0 Å². The highest BCUT2D eigenvalue weighted by Crippen LogP contribution is 2.15. The summed E-state index contributed by atoms with van der Waals surface area (Å²) in [5.41, 5.74) is 1.56. The number of carbonyl (C=O) groups is 3. The van der Waals surface area contributed by atoms with Gasteiger partial charge in [0.25, 0.3) is 0 Å². The van der Waals surface area contributed by atoms with Gasteiger partial charge in [0, 0.05) is 32.0 Å². The van der Waals surface area contributed by atoms with Gasteiger partial charge >= 0.3 is 6.09 Å². The molecule has 8 heteroatoms. The minimum atomic E-state index is -0.590. The molecule has 4 N–H and O–H groups in total. The van der Waals surface area contributed by atoms with Crippen LogP contribution >= 0.6 is 0 Å². The third-order valence-electron chi connectivity index (χ3n) is 3.57. The van der Waals surface area contributed by atoms with Crippen molar-refractivity contribution in [3.05, 3.63) is 0 Å². The first-order valence-electron chi connectivity index (χ1n) is 7.98. The van der Waals surface area contributed by atoms with E-state index in [1.54, 1.807) is 20.8 Å². The quantitative estimate of drug-likeness (QED) is 0.369. The second-order valence-electron chi connectivity index (χ2n) is 6.70. The van der Waals surface area contributed by atoms with E-state index in [2.05, 4.69) is 10.7 Å². The molecule has 1 rings (SSSR count). The molecule has 0 aliphatic carbocycles. The summed E-state index contributed by atoms with van der Waals surface area (Å²) in [6, 6.07) is 0. The van der Waals surface area contributed by atoms with Crippen LogP contribution in [0.15, 0.2) is 0 Å². The smallest absolute Gasteiger partial charge is 0.410 e. The maximum Gasteiger partial charge on any atom is 0.410 e. The average Bonchev–Trinajstić information content (AvgIpc) is 2.49. The van der Waals surface area contributed by atoms with Crippen LogP contribution in [0.1, 0.15) is 46.5 Å². The molecule has 0 aromatic rings. The lowest BCUT2D eigenvalue weighted by Gasteiger charge is -2.27. The SMILES string of the molecule is CC(C)(C)OC(=O)N1CCCC(C(=O)NN)CCNC(=O)CC1. The molecule has 23 heavy (non-hydrogen) atoms. The Morgan fingerprint density at radius 1 is 1.30 bits per heavy atom. The molecule has 3 amide bonds. The summed E-state index contributed by atoms with van der Waals surface area (Å²) in [6.07, 6.45) is 1.54. The number of hydrogen-bond acceptors (Lipinski definition) is 5. The van der Waals surface area contributed by atoms with Gasteiger partial charge in [-0.05, 0) is 40.0 Å². The van der Waals surface area contributed by atoms with Crippen LogP contribution < -0.4 is 16.6 Å². The highest BCUT2D eigenvalue weighted by molar-refractivity contribution is 5.79. The Balaban J connectivity index is 2.72. The van der Waals surface area contributed by atoms with Crippen molar-refractivity contribution < 1.29 is 19.1 Å². The van der Waals surface area contributed by atoms with Gasteiger partial charge in [-0.2, -0.15) is 0 Å². The summed E-state index contributed by atoms with van der Waals surface area (Å²) in [5, 5.41) is 2.76. The summed E-state index contributed by atoms with van der Waals surface area (Å²) >= 11 is 0. The molecule has 1 heterocycles. The molecule has 0 aromatic heterocycles. The second kappa shape index (κ2) is 8.71. The number of nitrogens with one attached hydrogen (secondary N) is 2. The van der Waals surface area contributed by atoms with Crippen molar-refractivity contribution >= 4 is 17.9 Å². The van der Waals surface area contributed by atoms with Crippen LogP contribution in [0.5, 0.6) is 0 Å². The van der Waals surface area contributed by atoms with Gasteiger partial charge in [-0.25, -0.2) is 10.6 Å². The molecule has 1 unspecified atom stereocenters. The Morgan fingerprint density at radius 3 is 2.61 bits per heavy atom. The van der Waals surface area contributed by atoms with E-state index in [1.807, 2.05) is 0 Å². The van der Waals surface area contributed by atoms with E-state index >= 15 is 0 Å². The van der Waals surface area contributed by atoms with Crippen molar-refractivity contribution in [2.45, 2.75) is 52.1 Å². The standard InChI is InChI=1S/C15H28N4O4/c1-15(2,3)23-14(22)19-9-4-5-11(13(21)18-16)6-8-17-12(20)7-10-19/h11H,4-10,16H2,1-3H3,(H,17,20)(H,18,21). The van der Waals surface area contributed by atoms with E-state index in [4.69, 9.17) is 10.6 Å². The number of amides is 3. The van der Waals surface area contributed by atoms with Crippen LogP contribution in [0, 0.1) is 5.92 Å². The molecule has 1 fully saturated rings. The van der Waals surface area contributed by atoms with Gasteiger partial charge in [-0.1, -0.05) is 0 Å². The van der Waals surface area contributed by atoms with Gasteiger partial charge in [0.1, 0.15) is 5.60 Å². The summed E-state index contributed by atoms with van der Waals surface area (Å²) in [4.78, 5) is 37.3. The third kappa shape index (κ3) is 7.32. The van der Waals surface area contributed by atoms with Gasteiger partial charge in [-0.15, -0.1) is 0 Å². The third-order valence-corrected chi connectivity index (χ3v) is 3.57. The lowest BCUT2D eigenvalue weighted by atomic mass is 9.98. The van der Waals surface area contributed by atoms with Crippen LogP contribution in [0.4, 0.5) is 4.79 Å². The first-order chi connectivity index (χ1) is 10.7. The highest BCUT2D eigenvalue weighted by atomic mass is 16.6. The first kappa shape index (κ1) is 19.2. The summed E-state index contributed by atoms with van der Waals surface area (Å²) in [7, 11) is 0. The number of nitrogens with zero attached hydrogens (tertiary/aromatic N) is 1. The predicted octanol–water partition coefficient (Wildman–Crippen LogP) is 0.520. The van der Waals surface area contributed by atoms with Crippen LogP contribution in [-0.4, -0.2) is 48.0 Å². The molecular weight excluding hydrogens is 300 g/mol. The normalized spacial score (nSPS) is 21.0. The minimum Gasteiger partial charge on any atom is -0.444 e. The number of hydrogen-bond donors (Lipinski definition) is 3. The molecule has 0 bridgehead atoms. The fourth-order valence-electron chi connectivity index (χ4n) is 2.38. The lowest BCUT2D eigenvalue weighted by molar-refractivity contribution is -0.126. The summed E-state index contributed by atoms with van der Waals surface area (Å²) in [6.45, 7) is 6.55. The Morgan fingerprint density at radius 2 is 2.00 bits per heavy atom. The molecule has 1 saturated heterocycles. The number of nitrogens with two attached hydrogens (primary N) is 1. The van der Waals surface area contributed by atoms with Crippen molar-refractivity contribution in [3.8, 4) is 0 Å². The molecule has 0 radical (unpaired) electrons. The van der Waals surface area contributed by atoms with E-state index in [0.29, 0.717) is 38.9 Å². The summed E-state index contributed by atoms with van der Waals surface area (Å²) < 4.78 is 5.36. The van der Waals surface area contributed by atoms with Gasteiger partial charge < -0.3 is 15.0 Å². The largest absolute Gasteiger partial charge is 0.444 e. The Kier molecular flexibility index (Phi) is 7.28. The molecule has 1 aliphatic heterocycles. The topological polar surface area (TPSA) is 114 Å². The van der Waals surface area contributed by atoms with E-state index in [0.717, 1.165) is 0 Å². The van der Waals surface area contributed by atoms with Crippen molar-refractivity contribution in [1.82, 2.24) is 15.6 Å². The van der Waals surface area contributed by atoms with Crippen LogP contribution in [-0.2, 0) is 14.3 Å². The minimum absolute atomic E-state index is 0.146. The van der Waals surface area contributed by atoms with Crippen LogP contribution in [0.25, 0.3) is 0 Å². The van der Waals surface area contributed by atoms with E-state index < -0.39 is 11.7 Å². The maximum atomic E-state index is 12.2. The molecule has 8 nitrogen and oxygen atoms in total. The number of ether oxygens (including phenoxy) is 1. The highest BCUT2D eigenvalue weighted by Gasteiger charge is 2.24. The van der Waals surface area contributed by atoms with E-state index in [1.165, 1.54) is 4.90 Å². The summed E-state index contributed by atoms with van der Waals surface area (Å²) in [5.74, 6) is 4.52. The van der Waals surface area contributed by atoms with Crippen LogP contribution in [0.3, 0.4) is 0 Å². The predicted molar refractivity (Wildman–Crippen MR) is 85.1 cm³/mol. The molecular formula is C15H28N4O4. The molecule has 1 atom stereocenters. The van der Waals surface area contributed by atoms with Gasteiger partial charge in [-0.3, -0.25) is 15.0 Å². The fraction of sp³-hybridized carbons (Fsp3) is 0.800. The number of rotatable bonds is 1. The first-order valence-corrected chi connectivity index (χ1v) is 7.98. The van der Waals surface area contributed by atoms with E-state index in [9.17, 15) is 14.4 Å². The maximum absolute atomic E-state index is 12.2. The molecule has 0 saturated carbocycles. The molecule has 1 aliphatic rings.